The fourth-order valence-electron chi connectivity index (χ4n) is 1.53. The molecular formula is C10H16N6. The second kappa shape index (κ2) is 4.34. The molecule has 0 fully saturated rings. The van der Waals surface area contributed by atoms with Crippen LogP contribution in [0.1, 0.15) is 25.7 Å². The zero-order valence-corrected chi connectivity index (χ0v) is 9.75. The molecule has 0 unspecified atom stereocenters. The van der Waals surface area contributed by atoms with Crippen LogP contribution in [0.25, 0.3) is 0 Å². The zero-order chi connectivity index (χ0) is 11.5. The van der Waals surface area contributed by atoms with E-state index in [9.17, 15) is 0 Å². The van der Waals surface area contributed by atoms with E-state index in [4.69, 9.17) is 0 Å². The van der Waals surface area contributed by atoms with Crippen molar-refractivity contribution in [1.29, 1.82) is 0 Å². The Morgan fingerprint density at radius 3 is 2.81 bits per heavy atom. The Kier molecular flexibility index (Phi) is 2.89. The van der Waals surface area contributed by atoms with Crippen molar-refractivity contribution in [3.63, 3.8) is 0 Å². The van der Waals surface area contributed by atoms with E-state index in [1.807, 2.05) is 17.9 Å². The molecule has 0 radical (unpaired) electrons. The number of rotatable bonds is 4. The highest BCUT2D eigenvalue weighted by Gasteiger charge is 2.07. The summed E-state index contributed by atoms with van der Waals surface area (Å²) < 4.78 is 3.67. The van der Waals surface area contributed by atoms with Gasteiger partial charge in [-0.15, -0.1) is 0 Å². The summed E-state index contributed by atoms with van der Waals surface area (Å²) in [6.07, 6.45) is 5.30. The Balaban J connectivity index is 2.02. The molecule has 2 aromatic heterocycles. The Morgan fingerprint density at radius 2 is 2.19 bits per heavy atom. The predicted octanol–water partition coefficient (Wildman–Crippen LogP) is 1.20. The van der Waals surface area contributed by atoms with Crippen molar-refractivity contribution in [2.45, 2.75) is 26.4 Å². The maximum absolute atomic E-state index is 4.22. The molecule has 0 aliphatic heterocycles. The minimum Gasteiger partial charge on any atom is -0.375 e. The van der Waals surface area contributed by atoms with E-state index in [1.54, 1.807) is 17.2 Å². The molecule has 0 saturated carbocycles. The number of anilines is 1. The van der Waals surface area contributed by atoms with Gasteiger partial charge in [0.2, 0.25) is 0 Å². The number of nitrogens with one attached hydrogen (secondary N) is 1. The fourth-order valence-corrected chi connectivity index (χ4v) is 1.53. The molecule has 86 valence electrons. The number of hydrogen-bond donors (Lipinski definition) is 1. The van der Waals surface area contributed by atoms with Crippen LogP contribution in [0.15, 0.2) is 18.7 Å². The Labute approximate surface area is 94.3 Å². The van der Waals surface area contributed by atoms with Crippen LogP contribution >= 0.6 is 0 Å². The lowest BCUT2D eigenvalue weighted by molar-refractivity contribution is 0.509. The highest BCUT2D eigenvalue weighted by atomic mass is 15.4. The van der Waals surface area contributed by atoms with Gasteiger partial charge in [-0.2, -0.15) is 10.2 Å². The van der Waals surface area contributed by atoms with Gasteiger partial charge < -0.3 is 5.32 Å². The molecule has 1 N–H and O–H groups in total. The number of nitrogens with zero attached hydrogens (tertiary/aromatic N) is 5. The van der Waals surface area contributed by atoms with Gasteiger partial charge >= 0.3 is 0 Å². The molecular weight excluding hydrogens is 204 g/mol. The van der Waals surface area contributed by atoms with E-state index >= 15 is 0 Å². The molecule has 0 spiro atoms. The molecule has 6 nitrogen and oxygen atoms in total. The van der Waals surface area contributed by atoms with Crippen molar-refractivity contribution in [3.05, 3.63) is 24.5 Å². The van der Waals surface area contributed by atoms with Gasteiger partial charge in [0.05, 0.1) is 18.4 Å². The van der Waals surface area contributed by atoms with Crippen LogP contribution in [0.3, 0.4) is 0 Å². The summed E-state index contributed by atoms with van der Waals surface area (Å²) in [5, 5.41) is 11.5. The molecule has 6 heteroatoms. The summed E-state index contributed by atoms with van der Waals surface area (Å²) in [4.78, 5) is 4.22. The van der Waals surface area contributed by atoms with Gasteiger partial charge in [0.25, 0.3) is 0 Å². The molecule has 0 aliphatic carbocycles. The Morgan fingerprint density at radius 1 is 1.38 bits per heavy atom. The van der Waals surface area contributed by atoms with Crippen LogP contribution in [-0.4, -0.2) is 24.5 Å². The molecule has 0 saturated heterocycles. The number of hydrogen-bond acceptors (Lipinski definition) is 4. The van der Waals surface area contributed by atoms with E-state index in [1.165, 1.54) is 0 Å². The zero-order valence-electron chi connectivity index (χ0n) is 9.75. The molecule has 2 rings (SSSR count). The molecule has 0 atom stereocenters. The number of aromatic nitrogens is 5. The second-order valence-electron chi connectivity index (χ2n) is 3.97. The van der Waals surface area contributed by atoms with Crippen molar-refractivity contribution in [2.24, 2.45) is 7.05 Å². The first kappa shape index (κ1) is 10.7. The molecule has 2 heterocycles. The van der Waals surface area contributed by atoms with Gasteiger partial charge in [0.15, 0.2) is 0 Å². The molecule has 0 aliphatic rings. The van der Waals surface area contributed by atoms with Gasteiger partial charge in [0, 0.05) is 19.3 Å². The van der Waals surface area contributed by atoms with E-state index in [2.05, 4.69) is 34.3 Å². The molecule has 16 heavy (non-hydrogen) atoms. The van der Waals surface area contributed by atoms with Crippen molar-refractivity contribution < 1.29 is 0 Å². The van der Waals surface area contributed by atoms with Gasteiger partial charge in [0.1, 0.15) is 12.2 Å². The average Bonchev–Trinajstić information content (AvgIpc) is 2.83. The smallest absolute Gasteiger partial charge is 0.146 e. The van der Waals surface area contributed by atoms with E-state index < -0.39 is 0 Å². The lowest BCUT2D eigenvalue weighted by Crippen LogP contribution is -2.11. The van der Waals surface area contributed by atoms with E-state index in [0.29, 0.717) is 12.6 Å². The normalized spacial score (nSPS) is 11.0. The summed E-state index contributed by atoms with van der Waals surface area (Å²) in [5.41, 5.74) is 0.987. The minimum atomic E-state index is 0.327. The van der Waals surface area contributed by atoms with Gasteiger partial charge in [-0.05, 0) is 13.8 Å². The summed E-state index contributed by atoms with van der Waals surface area (Å²) in [6, 6.07) is 0.327. The standard InChI is InChI=1S/C10H16N6/c1-8(2)16-10(12-7-14-16)5-11-9-4-13-15(3)6-9/h4,6-8,11H,5H2,1-3H3. The maximum atomic E-state index is 4.22. The average molecular weight is 220 g/mol. The third-order valence-electron chi connectivity index (χ3n) is 2.29. The van der Waals surface area contributed by atoms with Crippen molar-refractivity contribution >= 4 is 5.69 Å². The predicted molar refractivity (Wildman–Crippen MR) is 60.9 cm³/mol. The van der Waals surface area contributed by atoms with Crippen LogP contribution in [0.2, 0.25) is 0 Å². The molecule has 0 aromatic carbocycles. The third-order valence-corrected chi connectivity index (χ3v) is 2.29. The molecule has 0 bridgehead atoms. The van der Waals surface area contributed by atoms with E-state index in [-0.39, 0.29) is 0 Å². The van der Waals surface area contributed by atoms with Gasteiger partial charge in [-0.25, -0.2) is 9.67 Å². The van der Waals surface area contributed by atoms with Gasteiger partial charge in [-0.1, -0.05) is 0 Å². The monoisotopic (exact) mass is 220 g/mol. The van der Waals surface area contributed by atoms with Crippen molar-refractivity contribution in [3.8, 4) is 0 Å². The fraction of sp³-hybridized carbons (Fsp3) is 0.500. The van der Waals surface area contributed by atoms with Crippen LogP contribution in [0, 0.1) is 0 Å². The van der Waals surface area contributed by atoms with Crippen LogP contribution in [0.4, 0.5) is 5.69 Å². The summed E-state index contributed by atoms with van der Waals surface area (Å²) in [6.45, 7) is 4.83. The summed E-state index contributed by atoms with van der Waals surface area (Å²) in [7, 11) is 1.89. The molecule has 0 amide bonds. The Hall–Kier alpha value is -1.85. The number of aryl methyl sites for hydroxylation is 1. The topological polar surface area (TPSA) is 60.6 Å². The lowest BCUT2D eigenvalue weighted by Gasteiger charge is -2.09. The van der Waals surface area contributed by atoms with E-state index in [0.717, 1.165) is 11.5 Å². The Bertz CT molecular complexity index is 455. The first-order valence-corrected chi connectivity index (χ1v) is 5.27. The summed E-state index contributed by atoms with van der Waals surface area (Å²) >= 11 is 0. The minimum absolute atomic E-state index is 0.327. The van der Waals surface area contributed by atoms with Crippen LogP contribution in [-0.2, 0) is 13.6 Å². The van der Waals surface area contributed by atoms with Crippen LogP contribution in [0.5, 0.6) is 0 Å². The van der Waals surface area contributed by atoms with Crippen molar-refractivity contribution in [1.82, 2.24) is 24.5 Å². The maximum Gasteiger partial charge on any atom is 0.146 e. The first-order valence-electron chi connectivity index (χ1n) is 5.27. The van der Waals surface area contributed by atoms with Crippen LogP contribution < -0.4 is 5.32 Å². The first-order chi connectivity index (χ1) is 7.66. The third kappa shape index (κ3) is 2.21. The highest BCUT2D eigenvalue weighted by Crippen LogP contribution is 2.08. The summed E-state index contributed by atoms with van der Waals surface area (Å²) in [5.74, 6) is 0.929. The van der Waals surface area contributed by atoms with Gasteiger partial charge in [-0.3, -0.25) is 4.68 Å². The largest absolute Gasteiger partial charge is 0.375 e. The molecule has 2 aromatic rings. The highest BCUT2D eigenvalue weighted by molar-refractivity contribution is 5.37. The lowest BCUT2D eigenvalue weighted by atomic mass is 10.4. The second-order valence-corrected chi connectivity index (χ2v) is 3.97. The van der Waals surface area contributed by atoms with Crippen molar-refractivity contribution in [2.75, 3.05) is 5.32 Å². The SMILES string of the molecule is CC(C)n1ncnc1CNc1cnn(C)c1. The quantitative estimate of drug-likeness (QED) is 0.841.